The Balaban J connectivity index is 1.49. The van der Waals surface area contributed by atoms with E-state index in [0.29, 0.717) is 5.65 Å². The first-order chi connectivity index (χ1) is 15.7. The van der Waals surface area contributed by atoms with E-state index in [2.05, 4.69) is 48.3 Å². The van der Waals surface area contributed by atoms with Crippen molar-refractivity contribution in [1.29, 1.82) is 0 Å². The zero-order valence-electron chi connectivity index (χ0n) is 17.5. The number of aromatic nitrogens is 6. The summed E-state index contributed by atoms with van der Waals surface area (Å²) in [7, 11) is 4.00. The summed E-state index contributed by atoms with van der Waals surface area (Å²) < 4.78 is 5.25. The molecule has 0 aliphatic heterocycles. The van der Waals surface area contributed by atoms with Crippen molar-refractivity contribution in [2.45, 2.75) is 0 Å². The van der Waals surface area contributed by atoms with Crippen LogP contribution in [0.1, 0.15) is 0 Å². The van der Waals surface area contributed by atoms with Crippen LogP contribution in [-0.4, -0.2) is 44.2 Å². The lowest BCUT2D eigenvalue weighted by Crippen LogP contribution is -2.08. The summed E-state index contributed by atoms with van der Waals surface area (Å²) in [5.74, 6) is 0. The smallest absolute Gasteiger partial charge is 0.181 e. The van der Waals surface area contributed by atoms with E-state index in [-0.39, 0.29) is 0 Å². The molecule has 0 saturated carbocycles. The molecule has 8 nitrogen and oxygen atoms in total. The molecule has 0 bridgehead atoms. The monoisotopic (exact) mass is 421 g/mol. The largest absolute Gasteiger partial charge is 0.472 e. The van der Waals surface area contributed by atoms with Gasteiger partial charge in [0.05, 0.1) is 41.5 Å². The van der Waals surface area contributed by atoms with Crippen LogP contribution in [0.2, 0.25) is 0 Å². The minimum Gasteiger partial charge on any atom is -0.472 e. The predicted octanol–water partition coefficient (Wildman–Crippen LogP) is 4.89. The highest BCUT2D eigenvalue weighted by Gasteiger charge is 2.15. The summed E-state index contributed by atoms with van der Waals surface area (Å²) in [5, 5.41) is 9.50. The summed E-state index contributed by atoms with van der Waals surface area (Å²) >= 11 is 0. The van der Waals surface area contributed by atoms with Crippen LogP contribution in [0.4, 0.5) is 5.69 Å². The average Bonchev–Trinajstić information content (AvgIpc) is 3.57. The van der Waals surface area contributed by atoms with E-state index in [9.17, 15) is 0 Å². The summed E-state index contributed by atoms with van der Waals surface area (Å²) in [6, 6.07) is 10.1. The first-order valence-corrected chi connectivity index (χ1v) is 10.1. The maximum absolute atomic E-state index is 5.25. The summed E-state index contributed by atoms with van der Waals surface area (Å²) in [5.41, 5.74) is 8.26. The van der Waals surface area contributed by atoms with Gasteiger partial charge in [0.2, 0.25) is 0 Å². The number of furan rings is 1. The Morgan fingerprint density at radius 1 is 0.906 bits per heavy atom. The molecule has 2 N–H and O–H groups in total. The first kappa shape index (κ1) is 18.3. The number of anilines is 1. The summed E-state index contributed by atoms with van der Waals surface area (Å²) in [6.45, 7) is 0. The molecule has 0 atom stereocenters. The standard InChI is InChI=1S/C24H19N7O/c1-31(2)17-7-15(10-25-12-17)16-8-19-23(29-30-24(19)27-11-16)21-9-18-20(28-21)3-5-26-22(18)14-4-6-32-13-14/h3-13,28H,1-2H3,(H,27,29,30). The van der Waals surface area contributed by atoms with E-state index in [1.54, 1.807) is 18.7 Å². The van der Waals surface area contributed by atoms with E-state index >= 15 is 0 Å². The van der Waals surface area contributed by atoms with Gasteiger partial charge in [-0.3, -0.25) is 15.1 Å². The fraction of sp³-hybridized carbons (Fsp3) is 0.0833. The molecular weight excluding hydrogens is 402 g/mol. The zero-order valence-corrected chi connectivity index (χ0v) is 17.5. The van der Waals surface area contributed by atoms with E-state index in [4.69, 9.17) is 4.42 Å². The second-order valence-corrected chi connectivity index (χ2v) is 7.84. The van der Waals surface area contributed by atoms with Gasteiger partial charge in [-0.15, -0.1) is 0 Å². The number of pyridine rings is 3. The van der Waals surface area contributed by atoms with Crippen LogP contribution in [0.25, 0.3) is 55.7 Å². The van der Waals surface area contributed by atoms with Gasteiger partial charge in [-0.25, -0.2) is 4.98 Å². The summed E-state index contributed by atoms with van der Waals surface area (Å²) in [6.07, 6.45) is 10.7. The second-order valence-electron chi connectivity index (χ2n) is 7.84. The van der Waals surface area contributed by atoms with Crippen molar-refractivity contribution in [3.05, 3.63) is 67.6 Å². The van der Waals surface area contributed by atoms with Gasteiger partial charge >= 0.3 is 0 Å². The highest BCUT2D eigenvalue weighted by atomic mass is 16.3. The van der Waals surface area contributed by atoms with Crippen molar-refractivity contribution in [2.24, 2.45) is 0 Å². The van der Waals surface area contributed by atoms with E-state index in [1.807, 2.05) is 49.7 Å². The van der Waals surface area contributed by atoms with Crippen LogP contribution < -0.4 is 4.90 Å². The number of hydrogen-bond donors (Lipinski definition) is 2. The van der Waals surface area contributed by atoms with Crippen LogP contribution in [0.15, 0.2) is 72.1 Å². The van der Waals surface area contributed by atoms with Crippen LogP contribution in [0.5, 0.6) is 0 Å². The Labute approximate surface area is 183 Å². The number of H-pyrrole nitrogens is 2. The molecule has 0 unspecified atom stereocenters. The lowest BCUT2D eigenvalue weighted by Gasteiger charge is -2.12. The molecular formula is C24H19N7O. The van der Waals surface area contributed by atoms with Crippen molar-refractivity contribution < 1.29 is 4.42 Å². The van der Waals surface area contributed by atoms with Gasteiger partial charge in [-0.05, 0) is 30.3 Å². The van der Waals surface area contributed by atoms with Crippen molar-refractivity contribution >= 4 is 27.6 Å². The zero-order chi connectivity index (χ0) is 21.7. The minimum atomic E-state index is 0.660. The van der Waals surface area contributed by atoms with Crippen LogP contribution in [0, 0.1) is 0 Å². The van der Waals surface area contributed by atoms with Crippen molar-refractivity contribution in [3.8, 4) is 33.8 Å². The molecule has 32 heavy (non-hydrogen) atoms. The average molecular weight is 421 g/mol. The molecule has 0 amide bonds. The van der Waals surface area contributed by atoms with Gasteiger partial charge in [0.1, 0.15) is 0 Å². The molecule has 6 aromatic rings. The van der Waals surface area contributed by atoms with Gasteiger partial charge in [0.25, 0.3) is 0 Å². The highest BCUT2D eigenvalue weighted by Crippen LogP contribution is 2.34. The molecule has 0 aliphatic carbocycles. The van der Waals surface area contributed by atoms with Gasteiger partial charge in [-0.2, -0.15) is 5.10 Å². The Morgan fingerprint density at radius 2 is 1.81 bits per heavy atom. The Hall–Kier alpha value is -4.46. The molecule has 0 aromatic carbocycles. The van der Waals surface area contributed by atoms with Crippen LogP contribution in [-0.2, 0) is 0 Å². The quantitative estimate of drug-likeness (QED) is 0.420. The van der Waals surface area contributed by atoms with Gasteiger partial charge in [-0.1, -0.05) is 0 Å². The van der Waals surface area contributed by atoms with E-state index in [0.717, 1.165) is 55.7 Å². The van der Waals surface area contributed by atoms with Crippen molar-refractivity contribution in [1.82, 2.24) is 30.1 Å². The van der Waals surface area contributed by atoms with Gasteiger partial charge in [0, 0.05) is 65.7 Å². The number of nitrogens with zero attached hydrogens (tertiary/aromatic N) is 5. The molecule has 6 heterocycles. The minimum absolute atomic E-state index is 0.660. The first-order valence-electron chi connectivity index (χ1n) is 10.1. The number of fused-ring (bicyclic) bond motifs is 2. The third-order valence-corrected chi connectivity index (χ3v) is 5.60. The number of rotatable bonds is 4. The number of aromatic amines is 2. The lowest BCUT2D eigenvalue weighted by molar-refractivity contribution is 0.568. The molecule has 0 saturated heterocycles. The van der Waals surface area contributed by atoms with Crippen molar-refractivity contribution in [2.75, 3.05) is 19.0 Å². The maximum atomic E-state index is 5.25. The van der Waals surface area contributed by atoms with Crippen molar-refractivity contribution in [3.63, 3.8) is 0 Å². The van der Waals surface area contributed by atoms with Crippen LogP contribution >= 0.6 is 0 Å². The molecule has 0 spiro atoms. The second kappa shape index (κ2) is 7.05. The third-order valence-electron chi connectivity index (χ3n) is 5.60. The fourth-order valence-corrected chi connectivity index (χ4v) is 3.91. The van der Waals surface area contributed by atoms with Gasteiger partial charge < -0.3 is 14.3 Å². The molecule has 6 aromatic heterocycles. The maximum Gasteiger partial charge on any atom is 0.181 e. The molecule has 156 valence electrons. The van der Waals surface area contributed by atoms with Gasteiger partial charge in [0.15, 0.2) is 5.65 Å². The van der Waals surface area contributed by atoms with E-state index < -0.39 is 0 Å². The normalized spacial score (nSPS) is 11.4. The highest BCUT2D eigenvalue weighted by molar-refractivity contribution is 5.99. The SMILES string of the molecule is CN(C)c1cncc(-c2cnc3n[nH]c(-c4cc5c(-c6ccoc6)nccc5[nH]4)c3c2)c1. The lowest BCUT2D eigenvalue weighted by atomic mass is 10.1. The third kappa shape index (κ3) is 2.92. The topological polar surface area (TPSA) is 99.5 Å². The predicted molar refractivity (Wildman–Crippen MR) is 124 cm³/mol. The Morgan fingerprint density at radius 3 is 2.66 bits per heavy atom. The molecule has 8 heteroatoms. The Kier molecular flexibility index (Phi) is 4.04. The summed E-state index contributed by atoms with van der Waals surface area (Å²) in [4.78, 5) is 19.0. The Bertz CT molecular complexity index is 1560. The van der Waals surface area contributed by atoms with Crippen LogP contribution in [0.3, 0.4) is 0 Å². The molecule has 0 fully saturated rings. The number of hydrogen-bond acceptors (Lipinski definition) is 6. The number of nitrogens with one attached hydrogen (secondary N) is 2. The molecule has 6 rings (SSSR count). The van der Waals surface area contributed by atoms with E-state index in [1.165, 1.54) is 0 Å². The molecule has 0 aliphatic rings. The molecule has 0 radical (unpaired) electrons. The fourth-order valence-electron chi connectivity index (χ4n) is 3.91.